The number of carbonyl (C=O) groups excluding carboxylic acids is 1. The molecule has 0 spiro atoms. The van der Waals surface area contributed by atoms with Crippen LogP contribution < -0.4 is 15.8 Å². The Kier molecular flexibility index (Phi) is 5.09. The zero-order valence-corrected chi connectivity index (χ0v) is 14.0. The molecule has 2 fully saturated rings. The minimum absolute atomic E-state index is 0.00816. The smallest absolute Gasteiger partial charge is 0.229 e. The summed E-state index contributed by atoms with van der Waals surface area (Å²) in [6.07, 6.45) is 3.37. The number of methoxy groups -OCH3 is 1. The van der Waals surface area contributed by atoms with Crippen molar-refractivity contribution in [1.29, 1.82) is 0 Å². The van der Waals surface area contributed by atoms with Gasteiger partial charge in [-0.1, -0.05) is 11.6 Å². The van der Waals surface area contributed by atoms with Crippen LogP contribution in [-0.4, -0.2) is 32.3 Å². The van der Waals surface area contributed by atoms with E-state index in [0.29, 0.717) is 41.5 Å². The SMILES string of the molecule is COCCOc1ccc(NC(=O)C2C3CCC(C3)C2N)cc1Cl. The van der Waals surface area contributed by atoms with E-state index >= 15 is 0 Å². The average Bonchev–Trinajstić information content (AvgIpc) is 3.10. The van der Waals surface area contributed by atoms with Crippen LogP contribution in [-0.2, 0) is 9.53 Å². The summed E-state index contributed by atoms with van der Waals surface area (Å²) in [4.78, 5) is 12.5. The van der Waals surface area contributed by atoms with E-state index in [1.807, 2.05) is 0 Å². The molecule has 0 aromatic heterocycles. The maximum Gasteiger partial charge on any atom is 0.229 e. The zero-order valence-electron chi connectivity index (χ0n) is 13.3. The summed E-state index contributed by atoms with van der Waals surface area (Å²) in [7, 11) is 1.62. The maximum atomic E-state index is 12.5. The molecule has 6 heteroatoms. The van der Waals surface area contributed by atoms with E-state index in [9.17, 15) is 4.79 Å². The third-order valence-electron chi connectivity index (χ3n) is 5.03. The number of anilines is 1. The van der Waals surface area contributed by atoms with Crippen LogP contribution in [0.4, 0.5) is 5.69 Å². The first-order chi connectivity index (χ1) is 11.1. The standard InChI is InChI=1S/C17H23ClN2O3/c1-22-6-7-23-14-5-4-12(9-13(14)18)20-17(21)15-10-2-3-11(8-10)16(15)19/h4-5,9-11,15-16H,2-3,6-8,19H2,1H3,(H,20,21). The van der Waals surface area contributed by atoms with Gasteiger partial charge in [-0.05, 0) is 49.3 Å². The third kappa shape index (κ3) is 3.47. The van der Waals surface area contributed by atoms with Crippen LogP contribution in [0.2, 0.25) is 5.02 Å². The fourth-order valence-corrected chi connectivity index (χ4v) is 4.12. The Morgan fingerprint density at radius 2 is 2.13 bits per heavy atom. The van der Waals surface area contributed by atoms with E-state index in [4.69, 9.17) is 26.8 Å². The van der Waals surface area contributed by atoms with Crippen molar-refractivity contribution in [2.75, 3.05) is 25.6 Å². The summed E-state index contributed by atoms with van der Waals surface area (Å²) in [6.45, 7) is 0.929. The molecular weight excluding hydrogens is 316 g/mol. The van der Waals surface area contributed by atoms with Gasteiger partial charge in [-0.2, -0.15) is 0 Å². The molecule has 23 heavy (non-hydrogen) atoms. The van der Waals surface area contributed by atoms with Crippen molar-refractivity contribution < 1.29 is 14.3 Å². The Balaban J connectivity index is 1.61. The molecule has 2 aliphatic rings. The monoisotopic (exact) mass is 338 g/mol. The normalized spacial score (nSPS) is 28.8. The summed E-state index contributed by atoms with van der Waals surface area (Å²) >= 11 is 6.20. The van der Waals surface area contributed by atoms with Gasteiger partial charge in [0.1, 0.15) is 12.4 Å². The van der Waals surface area contributed by atoms with Gasteiger partial charge >= 0.3 is 0 Å². The van der Waals surface area contributed by atoms with Crippen molar-refractivity contribution in [1.82, 2.24) is 0 Å². The molecule has 4 atom stereocenters. The Bertz CT molecular complexity index is 579. The fourth-order valence-electron chi connectivity index (χ4n) is 3.88. The Morgan fingerprint density at radius 3 is 2.78 bits per heavy atom. The topological polar surface area (TPSA) is 73.6 Å². The second kappa shape index (κ2) is 7.07. The van der Waals surface area contributed by atoms with Gasteiger partial charge in [0.05, 0.1) is 17.5 Å². The molecule has 0 radical (unpaired) electrons. The first-order valence-electron chi connectivity index (χ1n) is 8.08. The summed E-state index contributed by atoms with van der Waals surface area (Å²) in [6, 6.07) is 5.25. The minimum atomic E-state index is -0.0786. The number of fused-ring (bicyclic) bond motifs is 2. The second-order valence-electron chi connectivity index (χ2n) is 6.41. The van der Waals surface area contributed by atoms with Crippen molar-refractivity contribution in [3.8, 4) is 5.75 Å². The van der Waals surface area contributed by atoms with Gasteiger partial charge in [0.15, 0.2) is 0 Å². The van der Waals surface area contributed by atoms with Gasteiger partial charge in [-0.15, -0.1) is 0 Å². The quantitative estimate of drug-likeness (QED) is 0.782. The van der Waals surface area contributed by atoms with Crippen molar-refractivity contribution in [2.24, 2.45) is 23.5 Å². The number of rotatable bonds is 6. The molecule has 1 aromatic carbocycles. The van der Waals surface area contributed by atoms with Gasteiger partial charge < -0.3 is 20.5 Å². The van der Waals surface area contributed by atoms with Crippen molar-refractivity contribution in [3.05, 3.63) is 23.2 Å². The highest BCUT2D eigenvalue weighted by atomic mass is 35.5. The molecule has 2 bridgehead atoms. The summed E-state index contributed by atoms with van der Waals surface area (Å²) in [5, 5.41) is 3.42. The first kappa shape index (κ1) is 16.6. The average molecular weight is 339 g/mol. The Hall–Kier alpha value is -1.30. The van der Waals surface area contributed by atoms with Gasteiger partial charge in [0.2, 0.25) is 5.91 Å². The van der Waals surface area contributed by atoms with Crippen LogP contribution in [0.1, 0.15) is 19.3 Å². The third-order valence-corrected chi connectivity index (χ3v) is 5.32. The Morgan fingerprint density at radius 1 is 1.35 bits per heavy atom. The van der Waals surface area contributed by atoms with Crippen LogP contribution in [0.3, 0.4) is 0 Å². The number of amides is 1. The number of halogens is 1. The molecule has 1 amide bonds. The Labute approximate surface area is 141 Å². The van der Waals surface area contributed by atoms with E-state index in [1.54, 1.807) is 25.3 Å². The number of nitrogens with two attached hydrogens (primary N) is 1. The lowest BCUT2D eigenvalue weighted by atomic mass is 9.84. The molecule has 2 aliphatic carbocycles. The van der Waals surface area contributed by atoms with E-state index < -0.39 is 0 Å². The number of nitrogens with one attached hydrogen (secondary N) is 1. The molecule has 1 aromatic rings. The van der Waals surface area contributed by atoms with E-state index in [2.05, 4.69) is 5.32 Å². The predicted octanol–water partition coefficient (Wildman–Crippen LogP) is 2.68. The first-order valence-corrected chi connectivity index (χ1v) is 8.45. The molecule has 2 saturated carbocycles. The second-order valence-corrected chi connectivity index (χ2v) is 6.82. The molecule has 3 rings (SSSR count). The lowest BCUT2D eigenvalue weighted by molar-refractivity contribution is -0.121. The van der Waals surface area contributed by atoms with Gasteiger partial charge in [0, 0.05) is 18.8 Å². The highest BCUT2D eigenvalue weighted by Gasteiger charge is 2.49. The van der Waals surface area contributed by atoms with Crippen LogP contribution >= 0.6 is 11.6 Å². The predicted molar refractivity (Wildman–Crippen MR) is 89.7 cm³/mol. The number of hydrogen-bond donors (Lipinski definition) is 2. The van der Waals surface area contributed by atoms with Crippen molar-refractivity contribution >= 4 is 23.2 Å². The summed E-state index contributed by atoms with van der Waals surface area (Å²) in [5.41, 5.74) is 6.90. The highest BCUT2D eigenvalue weighted by molar-refractivity contribution is 6.32. The highest BCUT2D eigenvalue weighted by Crippen LogP contribution is 2.48. The molecule has 0 saturated heterocycles. The fraction of sp³-hybridized carbons (Fsp3) is 0.588. The minimum Gasteiger partial charge on any atom is -0.490 e. The van der Waals surface area contributed by atoms with E-state index in [-0.39, 0.29) is 17.9 Å². The summed E-state index contributed by atoms with van der Waals surface area (Å²) < 4.78 is 10.4. The van der Waals surface area contributed by atoms with Gasteiger partial charge in [0.25, 0.3) is 0 Å². The van der Waals surface area contributed by atoms with Crippen LogP contribution in [0.15, 0.2) is 18.2 Å². The maximum absolute atomic E-state index is 12.5. The van der Waals surface area contributed by atoms with Gasteiger partial charge in [-0.25, -0.2) is 0 Å². The number of ether oxygens (including phenoxy) is 2. The molecule has 4 unspecified atom stereocenters. The van der Waals surface area contributed by atoms with Crippen molar-refractivity contribution in [2.45, 2.75) is 25.3 Å². The summed E-state index contributed by atoms with van der Waals surface area (Å²) in [5.74, 6) is 1.45. The van der Waals surface area contributed by atoms with E-state index in [0.717, 1.165) is 19.3 Å². The molecule has 126 valence electrons. The molecular formula is C17H23ClN2O3. The van der Waals surface area contributed by atoms with Crippen LogP contribution in [0, 0.1) is 17.8 Å². The lowest BCUT2D eigenvalue weighted by Crippen LogP contribution is -2.42. The molecule has 0 aliphatic heterocycles. The lowest BCUT2D eigenvalue weighted by Gasteiger charge is -2.27. The van der Waals surface area contributed by atoms with Crippen molar-refractivity contribution in [3.63, 3.8) is 0 Å². The zero-order chi connectivity index (χ0) is 16.4. The molecule has 3 N–H and O–H groups in total. The van der Waals surface area contributed by atoms with Gasteiger partial charge in [-0.3, -0.25) is 4.79 Å². The number of benzene rings is 1. The number of hydrogen-bond acceptors (Lipinski definition) is 4. The molecule has 5 nitrogen and oxygen atoms in total. The molecule has 0 heterocycles. The van der Waals surface area contributed by atoms with Crippen LogP contribution in [0.25, 0.3) is 0 Å². The van der Waals surface area contributed by atoms with Crippen LogP contribution in [0.5, 0.6) is 5.75 Å². The van der Waals surface area contributed by atoms with E-state index in [1.165, 1.54) is 0 Å². The largest absolute Gasteiger partial charge is 0.490 e. The number of carbonyl (C=O) groups is 1.